The number of rotatable bonds is 3. The first-order valence-corrected chi connectivity index (χ1v) is 9.48. The van der Waals surface area contributed by atoms with Crippen molar-refractivity contribution in [3.63, 3.8) is 0 Å². The third-order valence-electron chi connectivity index (χ3n) is 4.75. The average Bonchev–Trinajstić information content (AvgIpc) is 3.27. The van der Waals surface area contributed by atoms with E-state index in [4.69, 9.17) is 0 Å². The van der Waals surface area contributed by atoms with E-state index in [0.29, 0.717) is 5.69 Å². The van der Waals surface area contributed by atoms with E-state index in [1.165, 1.54) is 12.1 Å². The molecule has 0 atom stereocenters. The molecule has 7 nitrogen and oxygen atoms in total. The topological polar surface area (TPSA) is 93.4 Å². The predicted octanol–water partition coefficient (Wildman–Crippen LogP) is 4.67. The van der Waals surface area contributed by atoms with Crippen LogP contribution >= 0.6 is 11.3 Å². The minimum Gasteiger partial charge on any atom is -0.268 e. The van der Waals surface area contributed by atoms with E-state index in [1.807, 2.05) is 24.3 Å². The zero-order chi connectivity index (χ0) is 20.1. The lowest BCUT2D eigenvalue weighted by Gasteiger charge is -2.14. The number of nitro benzene ring substituents is 1. The number of non-ortho nitro benzene ring substituents is 1. The summed E-state index contributed by atoms with van der Waals surface area (Å²) >= 11 is 1.56. The number of carbonyl (C=O) groups is 2. The lowest BCUT2D eigenvalue weighted by molar-refractivity contribution is -0.384. The minimum absolute atomic E-state index is 0.0412. The van der Waals surface area contributed by atoms with E-state index in [1.54, 1.807) is 35.6 Å². The Bertz CT molecular complexity index is 1290. The Morgan fingerprint density at radius 2 is 1.62 bits per heavy atom. The molecule has 2 heterocycles. The first-order chi connectivity index (χ1) is 14.0. The van der Waals surface area contributed by atoms with Gasteiger partial charge in [0.15, 0.2) is 0 Å². The van der Waals surface area contributed by atoms with Crippen LogP contribution in [0.5, 0.6) is 0 Å². The number of para-hydroxylation sites is 1. The molecule has 1 aliphatic rings. The summed E-state index contributed by atoms with van der Waals surface area (Å²) in [5.74, 6) is -1.06. The largest absolute Gasteiger partial charge is 0.270 e. The fourth-order valence-electron chi connectivity index (χ4n) is 3.33. The van der Waals surface area contributed by atoms with Crippen molar-refractivity contribution in [2.45, 2.75) is 0 Å². The Kier molecular flexibility index (Phi) is 3.75. The second-order valence-electron chi connectivity index (χ2n) is 6.47. The lowest BCUT2D eigenvalue weighted by Crippen LogP contribution is -2.29. The van der Waals surface area contributed by atoms with Crippen molar-refractivity contribution >= 4 is 44.7 Å². The quantitative estimate of drug-likeness (QED) is 0.282. The van der Waals surface area contributed by atoms with E-state index in [2.05, 4.69) is 4.98 Å². The normalized spacial score (nSPS) is 13.2. The van der Waals surface area contributed by atoms with Crippen molar-refractivity contribution in [2.24, 2.45) is 0 Å². The zero-order valence-corrected chi connectivity index (χ0v) is 15.6. The number of aromatic nitrogens is 1. The van der Waals surface area contributed by atoms with Crippen LogP contribution in [0, 0.1) is 10.1 Å². The first-order valence-electron chi connectivity index (χ1n) is 8.66. The molecule has 0 bridgehead atoms. The van der Waals surface area contributed by atoms with E-state index in [0.717, 1.165) is 31.8 Å². The molecule has 1 aromatic heterocycles. The second kappa shape index (κ2) is 6.32. The summed E-state index contributed by atoms with van der Waals surface area (Å²) in [6.45, 7) is 0. The average molecular weight is 401 g/mol. The Balaban J connectivity index is 1.49. The Morgan fingerprint density at radius 1 is 0.897 bits per heavy atom. The molecule has 2 amide bonds. The van der Waals surface area contributed by atoms with E-state index in [9.17, 15) is 19.7 Å². The number of carbonyl (C=O) groups excluding carboxylic acids is 2. The SMILES string of the molecule is O=C1c2ccc([N+](=O)[O-])cc2C(=O)N1c1ccc(-c2nc3ccccc3s2)cc1. The van der Waals surface area contributed by atoms with Gasteiger partial charge in [-0.15, -0.1) is 11.3 Å². The molecule has 0 N–H and O–H groups in total. The molecule has 0 unspecified atom stereocenters. The number of nitro groups is 1. The van der Waals surface area contributed by atoms with Crippen LogP contribution in [0.25, 0.3) is 20.8 Å². The fourth-order valence-corrected chi connectivity index (χ4v) is 4.30. The van der Waals surface area contributed by atoms with Crippen molar-refractivity contribution < 1.29 is 14.5 Å². The highest BCUT2D eigenvalue weighted by Crippen LogP contribution is 2.34. The van der Waals surface area contributed by atoms with Crippen LogP contribution in [0.4, 0.5) is 11.4 Å². The predicted molar refractivity (Wildman–Crippen MR) is 109 cm³/mol. The van der Waals surface area contributed by atoms with E-state index >= 15 is 0 Å². The molecule has 0 saturated heterocycles. The van der Waals surface area contributed by atoms with Gasteiger partial charge >= 0.3 is 0 Å². The number of benzene rings is 3. The molecule has 8 heteroatoms. The van der Waals surface area contributed by atoms with Crippen molar-refractivity contribution in [2.75, 3.05) is 4.90 Å². The van der Waals surface area contributed by atoms with Crippen LogP contribution in [0.15, 0.2) is 66.7 Å². The van der Waals surface area contributed by atoms with Crippen LogP contribution in [-0.2, 0) is 0 Å². The highest BCUT2D eigenvalue weighted by molar-refractivity contribution is 7.21. The molecule has 0 saturated carbocycles. The van der Waals surface area contributed by atoms with Crippen LogP contribution in [-0.4, -0.2) is 21.7 Å². The monoisotopic (exact) mass is 401 g/mol. The number of nitrogens with zero attached hydrogens (tertiary/aromatic N) is 3. The third kappa shape index (κ3) is 2.69. The molecule has 0 fully saturated rings. The van der Waals surface area contributed by atoms with Gasteiger partial charge in [0, 0.05) is 17.7 Å². The van der Waals surface area contributed by atoms with Crippen molar-refractivity contribution in [1.82, 2.24) is 4.98 Å². The zero-order valence-electron chi connectivity index (χ0n) is 14.7. The third-order valence-corrected chi connectivity index (χ3v) is 5.83. The van der Waals surface area contributed by atoms with Crippen molar-refractivity contribution in [3.05, 3.63) is 88.0 Å². The van der Waals surface area contributed by atoms with Gasteiger partial charge in [0.2, 0.25) is 0 Å². The molecule has 0 radical (unpaired) electrons. The molecule has 3 aromatic carbocycles. The van der Waals surface area contributed by atoms with Crippen molar-refractivity contribution in [3.8, 4) is 10.6 Å². The maximum Gasteiger partial charge on any atom is 0.270 e. The molecule has 5 rings (SSSR count). The van der Waals surface area contributed by atoms with Gasteiger partial charge in [-0.3, -0.25) is 19.7 Å². The van der Waals surface area contributed by atoms with Gasteiger partial charge < -0.3 is 0 Å². The van der Waals surface area contributed by atoms with Gasteiger partial charge in [0.1, 0.15) is 5.01 Å². The van der Waals surface area contributed by atoms with Crippen LogP contribution < -0.4 is 4.90 Å². The number of hydrogen-bond acceptors (Lipinski definition) is 6. The van der Waals surface area contributed by atoms with Crippen molar-refractivity contribution in [1.29, 1.82) is 0 Å². The summed E-state index contributed by atoms with van der Waals surface area (Å²) in [4.78, 5) is 41.4. The Hall–Kier alpha value is -3.91. The fraction of sp³-hybridized carbons (Fsp3) is 0. The number of imide groups is 1. The van der Waals surface area contributed by atoms with Gasteiger partial charge in [0.25, 0.3) is 17.5 Å². The van der Waals surface area contributed by atoms with Crippen LogP contribution in [0.2, 0.25) is 0 Å². The summed E-state index contributed by atoms with van der Waals surface area (Å²) < 4.78 is 1.08. The summed E-state index contributed by atoms with van der Waals surface area (Å²) in [6, 6.07) is 18.5. The smallest absolute Gasteiger partial charge is 0.268 e. The lowest BCUT2D eigenvalue weighted by atomic mass is 10.1. The second-order valence-corrected chi connectivity index (χ2v) is 7.50. The van der Waals surface area contributed by atoms with Gasteiger partial charge in [-0.2, -0.15) is 0 Å². The molecule has 1 aliphatic heterocycles. The van der Waals surface area contributed by atoms with E-state index < -0.39 is 16.7 Å². The summed E-state index contributed by atoms with van der Waals surface area (Å²) in [6.07, 6.45) is 0. The van der Waals surface area contributed by atoms with Gasteiger partial charge in [-0.05, 0) is 42.5 Å². The maximum atomic E-state index is 12.7. The Labute approximate surface area is 168 Å². The summed E-state index contributed by atoms with van der Waals surface area (Å²) in [5, 5.41) is 11.8. The Morgan fingerprint density at radius 3 is 2.34 bits per heavy atom. The summed E-state index contributed by atoms with van der Waals surface area (Å²) in [7, 11) is 0. The highest BCUT2D eigenvalue weighted by atomic mass is 32.1. The number of thiazole rings is 1. The van der Waals surface area contributed by atoms with Gasteiger partial charge in [-0.1, -0.05) is 12.1 Å². The first kappa shape index (κ1) is 17.2. The number of hydrogen-bond donors (Lipinski definition) is 0. The number of amides is 2. The number of fused-ring (bicyclic) bond motifs is 2. The molecule has 29 heavy (non-hydrogen) atoms. The molecular weight excluding hydrogens is 390 g/mol. The minimum atomic E-state index is -0.590. The number of anilines is 1. The molecule has 0 spiro atoms. The van der Waals surface area contributed by atoms with Crippen LogP contribution in [0.3, 0.4) is 0 Å². The molecule has 140 valence electrons. The van der Waals surface area contributed by atoms with Gasteiger partial charge in [0.05, 0.1) is 32.0 Å². The highest BCUT2D eigenvalue weighted by Gasteiger charge is 2.37. The molecule has 4 aromatic rings. The van der Waals surface area contributed by atoms with E-state index in [-0.39, 0.29) is 16.8 Å². The molecular formula is C21H11N3O4S. The standard InChI is InChI=1S/C21H11N3O4S/c25-20-15-10-9-14(24(27)28)11-16(15)21(26)23(20)13-7-5-12(6-8-13)19-22-17-3-1-2-4-18(17)29-19/h1-11H. The summed E-state index contributed by atoms with van der Waals surface area (Å²) in [5.41, 5.74) is 2.18. The van der Waals surface area contributed by atoms with Gasteiger partial charge in [-0.25, -0.2) is 9.88 Å². The molecule has 0 aliphatic carbocycles. The van der Waals surface area contributed by atoms with Crippen LogP contribution in [0.1, 0.15) is 20.7 Å². The maximum absolute atomic E-state index is 12.7.